The molecular weight excluding hydrogens is 264 g/mol. The highest BCUT2D eigenvalue weighted by Crippen LogP contribution is 2.19. The number of esters is 1. The van der Waals surface area contributed by atoms with Gasteiger partial charge in [0.2, 0.25) is 0 Å². The molecule has 0 amide bonds. The van der Waals surface area contributed by atoms with Gasteiger partial charge in [0.05, 0.1) is 17.2 Å². The zero-order valence-corrected chi connectivity index (χ0v) is 12.2. The minimum Gasteiger partial charge on any atom is -0.462 e. The van der Waals surface area contributed by atoms with E-state index in [1.807, 2.05) is 0 Å². The summed E-state index contributed by atoms with van der Waals surface area (Å²) in [5.41, 5.74) is 6.44. The predicted octanol–water partition coefficient (Wildman–Crippen LogP) is 2.86. The van der Waals surface area contributed by atoms with Crippen LogP contribution in [0.5, 0.6) is 0 Å². The van der Waals surface area contributed by atoms with Crippen molar-refractivity contribution in [2.24, 2.45) is 0 Å². The zero-order valence-electron chi connectivity index (χ0n) is 11.4. The first-order valence-corrected chi connectivity index (χ1v) is 6.88. The molecule has 0 aliphatic rings. The van der Waals surface area contributed by atoms with Crippen molar-refractivity contribution in [3.63, 3.8) is 0 Å². The van der Waals surface area contributed by atoms with E-state index < -0.39 is 5.97 Å². The Balaban J connectivity index is 2.31. The van der Waals surface area contributed by atoms with Crippen molar-refractivity contribution >= 4 is 23.3 Å². The molecular formula is C14H21ClN2O2. The summed E-state index contributed by atoms with van der Waals surface area (Å²) in [6.07, 6.45) is 1.86. The number of anilines is 1. The number of hydrogen-bond acceptors (Lipinski definition) is 4. The zero-order chi connectivity index (χ0) is 14.3. The van der Waals surface area contributed by atoms with E-state index in [0.29, 0.717) is 28.9 Å². The van der Waals surface area contributed by atoms with Crippen molar-refractivity contribution in [2.45, 2.75) is 32.7 Å². The van der Waals surface area contributed by atoms with Crippen molar-refractivity contribution in [3.8, 4) is 0 Å². The minimum atomic E-state index is -0.409. The van der Waals surface area contributed by atoms with Crippen molar-refractivity contribution in [1.29, 1.82) is 0 Å². The van der Waals surface area contributed by atoms with Crippen molar-refractivity contribution < 1.29 is 9.53 Å². The summed E-state index contributed by atoms with van der Waals surface area (Å²) in [5.74, 6) is -0.409. The van der Waals surface area contributed by atoms with E-state index in [9.17, 15) is 4.79 Å². The van der Waals surface area contributed by atoms with Gasteiger partial charge in [0.25, 0.3) is 0 Å². The first-order chi connectivity index (χ1) is 9.04. The van der Waals surface area contributed by atoms with Crippen LogP contribution in [0.4, 0.5) is 5.69 Å². The number of nitrogen functional groups attached to an aromatic ring is 1. The van der Waals surface area contributed by atoms with Crippen LogP contribution in [0.3, 0.4) is 0 Å². The average molecular weight is 285 g/mol. The number of carbonyl (C=O) groups excluding carboxylic acids is 1. The first-order valence-electron chi connectivity index (χ1n) is 6.50. The van der Waals surface area contributed by atoms with Gasteiger partial charge in [-0.2, -0.15) is 0 Å². The molecule has 1 atom stereocenters. The predicted molar refractivity (Wildman–Crippen MR) is 78.5 cm³/mol. The van der Waals surface area contributed by atoms with E-state index in [0.717, 1.165) is 19.4 Å². The quantitative estimate of drug-likeness (QED) is 0.459. The highest BCUT2D eigenvalue weighted by atomic mass is 35.5. The molecule has 4 nitrogen and oxygen atoms in total. The van der Waals surface area contributed by atoms with Gasteiger partial charge in [0.15, 0.2) is 0 Å². The van der Waals surface area contributed by atoms with E-state index in [-0.39, 0.29) is 0 Å². The van der Waals surface area contributed by atoms with Crippen LogP contribution in [-0.2, 0) is 4.74 Å². The fourth-order valence-electron chi connectivity index (χ4n) is 1.50. The summed E-state index contributed by atoms with van der Waals surface area (Å²) in [5, 5.41) is 3.65. The minimum absolute atomic E-state index is 0.322. The smallest absolute Gasteiger partial charge is 0.339 e. The molecule has 0 heterocycles. The van der Waals surface area contributed by atoms with Crippen LogP contribution in [0.2, 0.25) is 5.02 Å². The van der Waals surface area contributed by atoms with Gasteiger partial charge in [-0.25, -0.2) is 4.79 Å². The maximum Gasteiger partial charge on any atom is 0.339 e. The largest absolute Gasteiger partial charge is 0.462 e. The van der Waals surface area contributed by atoms with Crippen LogP contribution < -0.4 is 11.1 Å². The number of benzene rings is 1. The summed E-state index contributed by atoms with van der Waals surface area (Å²) in [6.45, 7) is 5.46. The Hall–Kier alpha value is -1.26. The van der Waals surface area contributed by atoms with E-state index in [1.54, 1.807) is 18.2 Å². The highest BCUT2D eigenvalue weighted by molar-refractivity contribution is 6.33. The molecule has 0 bridgehead atoms. The summed E-state index contributed by atoms with van der Waals surface area (Å²) >= 11 is 5.93. The molecule has 0 saturated carbocycles. The van der Waals surface area contributed by atoms with Gasteiger partial charge >= 0.3 is 5.97 Å². The maximum absolute atomic E-state index is 11.8. The van der Waals surface area contributed by atoms with E-state index in [1.165, 1.54) is 0 Å². The van der Waals surface area contributed by atoms with E-state index in [2.05, 4.69) is 19.2 Å². The lowest BCUT2D eigenvalue weighted by Crippen LogP contribution is -2.27. The Morgan fingerprint density at radius 2 is 2.26 bits per heavy atom. The van der Waals surface area contributed by atoms with Crippen LogP contribution in [0.25, 0.3) is 0 Å². The van der Waals surface area contributed by atoms with Gasteiger partial charge in [-0.1, -0.05) is 18.5 Å². The van der Waals surface area contributed by atoms with Gasteiger partial charge in [-0.3, -0.25) is 0 Å². The fraction of sp³-hybridized carbons (Fsp3) is 0.500. The number of carbonyl (C=O) groups is 1. The van der Waals surface area contributed by atoms with Crippen LogP contribution in [0.1, 0.15) is 37.0 Å². The second-order valence-electron chi connectivity index (χ2n) is 4.49. The molecule has 3 N–H and O–H groups in total. The number of halogens is 1. The van der Waals surface area contributed by atoms with Gasteiger partial charge in [0, 0.05) is 11.7 Å². The molecule has 0 aromatic heterocycles. The molecule has 1 unspecified atom stereocenters. The molecule has 106 valence electrons. The van der Waals surface area contributed by atoms with Gasteiger partial charge in [-0.05, 0) is 44.5 Å². The molecule has 0 aliphatic heterocycles. The summed E-state index contributed by atoms with van der Waals surface area (Å²) in [7, 11) is 0. The normalized spacial score (nSPS) is 12.2. The Morgan fingerprint density at radius 1 is 1.53 bits per heavy atom. The second-order valence-corrected chi connectivity index (χ2v) is 4.90. The third-order valence-electron chi connectivity index (χ3n) is 2.87. The monoisotopic (exact) mass is 284 g/mol. The summed E-state index contributed by atoms with van der Waals surface area (Å²) < 4.78 is 5.16. The molecule has 1 rings (SSSR count). The molecule has 0 spiro atoms. The molecule has 5 heteroatoms. The fourth-order valence-corrected chi connectivity index (χ4v) is 1.77. The average Bonchev–Trinajstić information content (AvgIpc) is 2.37. The second kappa shape index (κ2) is 8.02. The topological polar surface area (TPSA) is 64.3 Å². The Bertz CT molecular complexity index is 424. The summed E-state index contributed by atoms with van der Waals surface area (Å²) in [4.78, 5) is 11.8. The maximum atomic E-state index is 11.8. The molecule has 0 radical (unpaired) electrons. The van der Waals surface area contributed by atoms with Crippen LogP contribution in [-0.4, -0.2) is 25.2 Å². The van der Waals surface area contributed by atoms with Crippen LogP contribution in [0, 0.1) is 0 Å². The lowest BCUT2D eigenvalue weighted by molar-refractivity contribution is 0.0500. The Labute approximate surface area is 119 Å². The molecule has 1 aromatic rings. The Kier molecular flexibility index (Phi) is 6.67. The van der Waals surface area contributed by atoms with Crippen LogP contribution >= 0.6 is 11.6 Å². The highest BCUT2D eigenvalue weighted by Gasteiger charge is 2.11. The van der Waals surface area contributed by atoms with Gasteiger partial charge in [-0.15, -0.1) is 0 Å². The van der Waals surface area contributed by atoms with Crippen LogP contribution in [0.15, 0.2) is 18.2 Å². The number of nitrogens with one attached hydrogen (secondary N) is 1. The van der Waals surface area contributed by atoms with Gasteiger partial charge < -0.3 is 15.8 Å². The van der Waals surface area contributed by atoms with E-state index in [4.69, 9.17) is 22.1 Å². The third kappa shape index (κ3) is 5.49. The Morgan fingerprint density at radius 3 is 2.89 bits per heavy atom. The first kappa shape index (κ1) is 15.8. The molecule has 19 heavy (non-hydrogen) atoms. The van der Waals surface area contributed by atoms with E-state index >= 15 is 0 Å². The van der Waals surface area contributed by atoms with Crippen molar-refractivity contribution in [3.05, 3.63) is 28.8 Å². The lowest BCUT2D eigenvalue weighted by Gasteiger charge is -2.11. The third-order valence-corrected chi connectivity index (χ3v) is 3.19. The van der Waals surface area contributed by atoms with Crippen molar-refractivity contribution in [1.82, 2.24) is 5.32 Å². The number of ether oxygens (including phenoxy) is 1. The molecule has 1 aromatic carbocycles. The SMILES string of the molecule is CCC(C)NCCCOC(=O)c1ccc(N)cc1Cl. The van der Waals surface area contributed by atoms with Gasteiger partial charge in [0.1, 0.15) is 0 Å². The van der Waals surface area contributed by atoms with Crippen molar-refractivity contribution in [2.75, 3.05) is 18.9 Å². The standard InChI is InChI=1S/C14H21ClN2O2/c1-3-10(2)17-7-4-8-19-14(18)12-6-5-11(16)9-13(12)15/h5-6,9-10,17H,3-4,7-8,16H2,1-2H3. The number of nitrogens with two attached hydrogens (primary N) is 1. The molecule has 0 saturated heterocycles. The lowest BCUT2D eigenvalue weighted by atomic mass is 10.2. The summed E-state index contributed by atoms with van der Waals surface area (Å²) in [6, 6.07) is 5.25. The molecule has 0 fully saturated rings. The number of hydrogen-bond donors (Lipinski definition) is 2. The molecule has 0 aliphatic carbocycles. The number of rotatable bonds is 7.